The predicted octanol–water partition coefficient (Wildman–Crippen LogP) is 1.63. The van der Waals surface area contributed by atoms with Crippen LogP contribution >= 0.6 is 0 Å². The first-order valence-electron chi connectivity index (χ1n) is 5.04. The van der Waals surface area contributed by atoms with Crippen molar-refractivity contribution in [2.75, 3.05) is 0 Å². The van der Waals surface area contributed by atoms with Gasteiger partial charge in [0.25, 0.3) is 0 Å². The van der Waals surface area contributed by atoms with Gasteiger partial charge in [0.1, 0.15) is 12.1 Å². The lowest BCUT2D eigenvalue weighted by molar-refractivity contribution is 0.438. The minimum Gasteiger partial charge on any atom is -0.423 e. The van der Waals surface area contributed by atoms with Gasteiger partial charge in [-0.15, -0.1) is 5.10 Å². The molecule has 84 valence electrons. The summed E-state index contributed by atoms with van der Waals surface area (Å²) in [6.07, 6.45) is 1.59. The van der Waals surface area contributed by atoms with Crippen molar-refractivity contribution in [1.29, 1.82) is 0 Å². The predicted molar refractivity (Wildman–Crippen MR) is 60.1 cm³/mol. The molecular formula is C11H14N4O. The first-order valence-corrected chi connectivity index (χ1v) is 5.04. The van der Waals surface area contributed by atoms with Gasteiger partial charge in [0.05, 0.1) is 0 Å². The van der Waals surface area contributed by atoms with Gasteiger partial charge in [-0.1, -0.05) is 12.1 Å². The topological polar surface area (TPSA) is 66.0 Å². The quantitative estimate of drug-likeness (QED) is 0.850. The number of aryl methyl sites for hydroxylation is 1. The average molecular weight is 218 g/mol. The van der Waals surface area contributed by atoms with Crippen LogP contribution in [0.15, 0.2) is 30.6 Å². The lowest BCUT2D eigenvalue weighted by Gasteiger charge is -2.07. The third-order valence-corrected chi connectivity index (χ3v) is 2.17. The molecule has 0 saturated carbocycles. The van der Waals surface area contributed by atoms with Crippen LogP contribution in [0.5, 0.6) is 11.8 Å². The van der Waals surface area contributed by atoms with Crippen LogP contribution in [0.25, 0.3) is 0 Å². The third kappa shape index (κ3) is 2.38. The molecule has 0 bridgehead atoms. The molecule has 5 heteroatoms. The smallest absolute Gasteiger partial charge is 0.340 e. The van der Waals surface area contributed by atoms with Crippen LogP contribution < -0.4 is 10.5 Å². The average Bonchev–Trinajstić information content (AvgIpc) is 2.64. The van der Waals surface area contributed by atoms with Gasteiger partial charge in [0.15, 0.2) is 0 Å². The molecule has 1 atom stereocenters. The number of benzene rings is 1. The maximum absolute atomic E-state index is 5.79. The van der Waals surface area contributed by atoms with Crippen LogP contribution in [-0.4, -0.2) is 14.8 Å². The van der Waals surface area contributed by atoms with Crippen molar-refractivity contribution in [1.82, 2.24) is 14.8 Å². The molecule has 2 rings (SSSR count). The lowest BCUT2D eigenvalue weighted by Crippen LogP contribution is -2.04. The first kappa shape index (κ1) is 10.6. The highest BCUT2D eigenvalue weighted by molar-refractivity contribution is 5.31. The molecule has 0 fully saturated rings. The summed E-state index contributed by atoms with van der Waals surface area (Å²) in [7, 11) is 1.79. The van der Waals surface area contributed by atoms with Crippen LogP contribution in [0.2, 0.25) is 0 Å². The molecule has 0 saturated heterocycles. The SMILES string of the molecule is CC(N)c1cccc(Oc2ncn(C)n2)c1. The van der Waals surface area contributed by atoms with E-state index < -0.39 is 0 Å². The van der Waals surface area contributed by atoms with Crippen molar-refractivity contribution in [3.05, 3.63) is 36.2 Å². The Morgan fingerprint density at radius 3 is 2.88 bits per heavy atom. The van der Waals surface area contributed by atoms with E-state index in [1.807, 2.05) is 31.2 Å². The molecule has 2 aromatic rings. The Kier molecular flexibility index (Phi) is 2.87. The highest BCUT2D eigenvalue weighted by atomic mass is 16.5. The van der Waals surface area contributed by atoms with Crippen LogP contribution in [0.4, 0.5) is 0 Å². The van der Waals surface area contributed by atoms with Gasteiger partial charge >= 0.3 is 6.01 Å². The fourth-order valence-electron chi connectivity index (χ4n) is 1.33. The standard InChI is InChI=1S/C11H14N4O/c1-8(12)9-4-3-5-10(6-9)16-11-13-7-15(2)14-11/h3-8H,12H2,1-2H3. The van der Waals surface area contributed by atoms with E-state index in [1.54, 1.807) is 18.1 Å². The van der Waals surface area contributed by atoms with E-state index in [0.717, 1.165) is 5.56 Å². The Morgan fingerprint density at radius 2 is 2.25 bits per heavy atom. The number of nitrogens with two attached hydrogens (primary N) is 1. The lowest BCUT2D eigenvalue weighted by atomic mass is 10.1. The summed E-state index contributed by atoms with van der Waals surface area (Å²) in [4.78, 5) is 3.98. The molecule has 0 aliphatic carbocycles. The molecule has 0 aliphatic heterocycles. The Morgan fingerprint density at radius 1 is 1.44 bits per heavy atom. The molecule has 0 spiro atoms. The summed E-state index contributed by atoms with van der Waals surface area (Å²) in [5.74, 6) is 0.695. The molecular weight excluding hydrogens is 204 g/mol. The second kappa shape index (κ2) is 4.32. The highest BCUT2D eigenvalue weighted by Crippen LogP contribution is 2.21. The van der Waals surface area contributed by atoms with Gasteiger partial charge in [-0.3, -0.25) is 4.68 Å². The van der Waals surface area contributed by atoms with Gasteiger partial charge in [0.2, 0.25) is 0 Å². The minimum atomic E-state index is -0.0137. The van der Waals surface area contributed by atoms with E-state index in [1.165, 1.54) is 0 Å². The fraction of sp³-hybridized carbons (Fsp3) is 0.273. The van der Waals surface area contributed by atoms with Crippen molar-refractivity contribution in [3.8, 4) is 11.8 Å². The van der Waals surface area contributed by atoms with Crippen molar-refractivity contribution in [2.24, 2.45) is 12.8 Å². The van der Waals surface area contributed by atoms with Crippen molar-refractivity contribution in [3.63, 3.8) is 0 Å². The molecule has 1 aromatic carbocycles. The van der Waals surface area contributed by atoms with Crippen LogP contribution in [0, 0.1) is 0 Å². The molecule has 16 heavy (non-hydrogen) atoms. The Balaban J connectivity index is 2.18. The molecule has 1 aromatic heterocycles. The zero-order chi connectivity index (χ0) is 11.5. The first-order chi connectivity index (χ1) is 7.65. The van der Waals surface area contributed by atoms with Gasteiger partial charge in [-0.25, -0.2) is 0 Å². The Bertz CT molecular complexity index is 478. The van der Waals surface area contributed by atoms with Crippen molar-refractivity contribution < 1.29 is 4.74 Å². The van der Waals surface area contributed by atoms with Gasteiger partial charge < -0.3 is 10.5 Å². The van der Waals surface area contributed by atoms with E-state index in [9.17, 15) is 0 Å². The number of aromatic nitrogens is 3. The summed E-state index contributed by atoms with van der Waals surface area (Å²) >= 11 is 0. The van der Waals surface area contributed by atoms with Crippen LogP contribution in [-0.2, 0) is 7.05 Å². The Labute approximate surface area is 93.9 Å². The van der Waals surface area contributed by atoms with Gasteiger partial charge in [0, 0.05) is 13.1 Å². The summed E-state index contributed by atoms with van der Waals surface area (Å²) < 4.78 is 7.08. The zero-order valence-electron chi connectivity index (χ0n) is 9.29. The van der Waals surface area contributed by atoms with E-state index in [-0.39, 0.29) is 6.04 Å². The molecule has 1 unspecified atom stereocenters. The van der Waals surface area contributed by atoms with Crippen LogP contribution in [0.3, 0.4) is 0 Å². The maximum atomic E-state index is 5.79. The molecule has 5 nitrogen and oxygen atoms in total. The maximum Gasteiger partial charge on any atom is 0.340 e. The van der Waals surface area contributed by atoms with Gasteiger partial charge in [-0.2, -0.15) is 4.98 Å². The highest BCUT2D eigenvalue weighted by Gasteiger charge is 2.04. The minimum absolute atomic E-state index is 0.0137. The fourth-order valence-corrected chi connectivity index (χ4v) is 1.33. The number of hydrogen-bond acceptors (Lipinski definition) is 4. The van der Waals surface area contributed by atoms with E-state index in [2.05, 4.69) is 10.1 Å². The zero-order valence-corrected chi connectivity index (χ0v) is 9.29. The normalized spacial score (nSPS) is 12.4. The van der Waals surface area contributed by atoms with Crippen molar-refractivity contribution >= 4 is 0 Å². The third-order valence-electron chi connectivity index (χ3n) is 2.17. The van der Waals surface area contributed by atoms with Gasteiger partial charge in [-0.05, 0) is 24.6 Å². The molecule has 0 amide bonds. The second-order valence-corrected chi connectivity index (χ2v) is 3.66. The summed E-state index contributed by atoms with van der Waals surface area (Å²) in [5.41, 5.74) is 6.81. The number of ether oxygens (including phenoxy) is 1. The second-order valence-electron chi connectivity index (χ2n) is 3.66. The molecule has 0 radical (unpaired) electrons. The number of rotatable bonds is 3. The summed E-state index contributed by atoms with van der Waals surface area (Å²) in [6, 6.07) is 7.92. The summed E-state index contributed by atoms with van der Waals surface area (Å²) in [5, 5.41) is 4.03. The van der Waals surface area contributed by atoms with E-state index in [0.29, 0.717) is 11.8 Å². The van der Waals surface area contributed by atoms with E-state index >= 15 is 0 Å². The monoisotopic (exact) mass is 218 g/mol. The molecule has 0 aliphatic rings. The number of hydrogen-bond donors (Lipinski definition) is 1. The molecule has 1 heterocycles. The Hall–Kier alpha value is -1.88. The number of nitrogens with zero attached hydrogens (tertiary/aromatic N) is 3. The van der Waals surface area contributed by atoms with Crippen molar-refractivity contribution in [2.45, 2.75) is 13.0 Å². The summed E-state index contributed by atoms with van der Waals surface area (Å²) in [6.45, 7) is 1.93. The van der Waals surface area contributed by atoms with Crippen LogP contribution in [0.1, 0.15) is 18.5 Å². The van der Waals surface area contributed by atoms with E-state index in [4.69, 9.17) is 10.5 Å². The molecule has 2 N–H and O–H groups in total. The largest absolute Gasteiger partial charge is 0.423 e.